The van der Waals surface area contributed by atoms with Crippen molar-refractivity contribution in [1.82, 2.24) is 5.32 Å². The molecule has 2 aromatic carbocycles. The summed E-state index contributed by atoms with van der Waals surface area (Å²) in [6, 6.07) is 7.86. The fourth-order valence-electron chi connectivity index (χ4n) is 3.12. The highest BCUT2D eigenvalue weighted by molar-refractivity contribution is 7.80. The van der Waals surface area contributed by atoms with E-state index in [4.69, 9.17) is 12.2 Å². The maximum absolute atomic E-state index is 13.2. The number of alkyl halides is 6. The van der Waals surface area contributed by atoms with Crippen molar-refractivity contribution in [3.8, 4) is 0 Å². The molecule has 5 nitrogen and oxygen atoms in total. The van der Waals surface area contributed by atoms with Crippen molar-refractivity contribution in [3.63, 3.8) is 0 Å². The van der Waals surface area contributed by atoms with Crippen LogP contribution in [0.15, 0.2) is 60.2 Å². The number of allylic oxidation sites excluding steroid dienone is 2. The molecule has 1 aliphatic rings. The first-order valence-electron chi connectivity index (χ1n) is 9.83. The van der Waals surface area contributed by atoms with Gasteiger partial charge in [-0.15, -0.1) is 0 Å². The van der Waals surface area contributed by atoms with E-state index in [1.54, 1.807) is 18.2 Å². The molecule has 0 spiro atoms. The Bertz CT molecular complexity index is 1200. The monoisotopic (exact) mass is 513 g/mol. The van der Waals surface area contributed by atoms with Gasteiger partial charge in [-0.05, 0) is 54.2 Å². The first-order chi connectivity index (χ1) is 16.2. The van der Waals surface area contributed by atoms with Crippen LogP contribution < -0.4 is 15.1 Å². The number of hydrogen-bond donors (Lipinski definition) is 1. The maximum atomic E-state index is 13.2. The van der Waals surface area contributed by atoms with Crippen LogP contribution in [0.5, 0.6) is 0 Å². The van der Waals surface area contributed by atoms with Crippen LogP contribution in [-0.2, 0) is 21.9 Å². The molecule has 12 heteroatoms. The van der Waals surface area contributed by atoms with Crippen LogP contribution in [0, 0.1) is 0 Å². The topological polar surface area (TPSA) is 52.7 Å². The number of amides is 2. The molecule has 184 valence electrons. The quantitative estimate of drug-likeness (QED) is 0.265. The number of anilines is 2. The second kappa shape index (κ2) is 9.53. The number of thiocarbonyl (C=S) groups is 1. The molecular formula is C23H17F6N3O2S. The standard InChI is InChI=1S/C23H17F6N3O2S/c1-31(2)16-8-6-13(7-9-16)4-3-5-18-19(33)30-21(35)32(20(18)34)17-11-14(22(24,25)26)10-15(12-17)23(27,28)29/h3-12H,1-2H3,(H,30,33,35). The summed E-state index contributed by atoms with van der Waals surface area (Å²) in [6.07, 6.45) is -6.22. The van der Waals surface area contributed by atoms with Crippen LogP contribution in [0.25, 0.3) is 6.08 Å². The summed E-state index contributed by atoms with van der Waals surface area (Å²) >= 11 is 4.87. The SMILES string of the molecule is CN(C)c1ccc(C=CC=C2C(=O)NC(=S)N(c3cc(C(F)(F)F)cc(C(F)(F)F)c3)C2=O)cc1. The van der Waals surface area contributed by atoms with Gasteiger partial charge in [0.25, 0.3) is 11.8 Å². The van der Waals surface area contributed by atoms with Gasteiger partial charge in [-0.1, -0.05) is 24.3 Å². The smallest absolute Gasteiger partial charge is 0.378 e. The van der Waals surface area contributed by atoms with E-state index in [1.807, 2.05) is 31.1 Å². The fourth-order valence-corrected chi connectivity index (χ4v) is 3.40. The Labute approximate surface area is 201 Å². The zero-order chi connectivity index (χ0) is 26.1. The van der Waals surface area contributed by atoms with E-state index in [2.05, 4.69) is 5.32 Å². The summed E-state index contributed by atoms with van der Waals surface area (Å²) in [4.78, 5) is 27.5. The second-order valence-electron chi connectivity index (χ2n) is 7.59. The maximum Gasteiger partial charge on any atom is 0.416 e. The van der Waals surface area contributed by atoms with Gasteiger partial charge in [0.05, 0.1) is 16.8 Å². The Morgan fingerprint density at radius 3 is 1.94 bits per heavy atom. The minimum atomic E-state index is -5.12. The van der Waals surface area contributed by atoms with Crippen molar-refractivity contribution in [3.05, 3.63) is 76.9 Å². The summed E-state index contributed by atoms with van der Waals surface area (Å²) in [5.74, 6) is -2.11. The predicted octanol–water partition coefficient (Wildman–Crippen LogP) is 5.18. The Kier molecular flexibility index (Phi) is 7.06. The van der Waals surface area contributed by atoms with Gasteiger partial charge in [0, 0.05) is 19.8 Å². The summed E-state index contributed by atoms with van der Waals surface area (Å²) in [5, 5.41) is 1.48. The Hall–Kier alpha value is -3.67. The van der Waals surface area contributed by atoms with E-state index < -0.39 is 51.7 Å². The molecule has 1 saturated heterocycles. The normalized spacial score (nSPS) is 16.3. The van der Waals surface area contributed by atoms with Crippen LogP contribution in [-0.4, -0.2) is 31.0 Å². The van der Waals surface area contributed by atoms with Crippen molar-refractivity contribution >= 4 is 46.6 Å². The molecule has 0 radical (unpaired) electrons. The van der Waals surface area contributed by atoms with E-state index >= 15 is 0 Å². The van der Waals surface area contributed by atoms with Gasteiger partial charge < -0.3 is 4.90 Å². The summed E-state index contributed by atoms with van der Waals surface area (Å²) in [6.45, 7) is 0. The summed E-state index contributed by atoms with van der Waals surface area (Å²) in [7, 11) is 3.72. The van der Waals surface area contributed by atoms with E-state index in [0.29, 0.717) is 17.0 Å². The van der Waals surface area contributed by atoms with Gasteiger partial charge in [-0.25, -0.2) is 0 Å². The Morgan fingerprint density at radius 2 is 1.46 bits per heavy atom. The van der Waals surface area contributed by atoms with Crippen molar-refractivity contribution in [2.24, 2.45) is 0 Å². The van der Waals surface area contributed by atoms with Gasteiger partial charge in [0.1, 0.15) is 5.57 Å². The Morgan fingerprint density at radius 1 is 0.914 bits per heavy atom. The highest BCUT2D eigenvalue weighted by Crippen LogP contribution is 2.39. The van der Waals surface area contributed by atoms with Crippen LogP contribution in [0.3, 0.4) is 0 Å². The lowest BCUT2D eigenvalue weighted by Gasteiger charge is -2.29. The third kappa shape index (κ3) is 5.88. The molecule has 3 rings (SSSR count). The average molecular weight is 513 g/mol. The van der Waals surface area contributed by atoms with Gasteiger partial charge >= 0.3 is 12.4 Å². The molecule has 0 bridgehead atoms. The number of benzene rings is 2. The third-order valence-electron chi connectivity index (χ3n) is 4.89. The average Bonchev–Trinajstić information content (AvgIpc) is 2.74. The van der Waals surface area contributed by atoms with Crippen LogP contribution in [0.2, 0.25) is 0 Å². The molecule has 35 heavy (non-hydrogen) atoms. The first-order valence-corrected chi connectivity index (χ1v) is 10.2. The number of nitrogens with zero attached hydrogens (tertiary/aromatic N) is 2. The summed E-state index contributed by atoms with van der Waals surface area (Å²) in [5.41, 5.74) is -2.90. The molecule has 1 aliphatic heterocycles. The van der Waals surface area contributed by atoms with Crippen LogP contribution >= 0.6 is 12.2 Å². The highest BCUT2D eigenvalue weighted by Gasteiger charge is 2.40. The molecule has 2 aromatic rings. The summed E-state index contributed by atoms with van der Waals surface area (Å²) < 4.78 is 79.4. The Balaban J connectivity index is 1.98. The van der Waals surface area contributed by atoms with Gasteiger partial charge in [-0.3, -0.25) is 19.8 Å². The number of hydrogen-bond acceptors (Lipinski definition) is 4. The minimum absolute atomic E-state index is 0.0688. The molecule has 0 aromatic heterocycles. The minimum Gasteiger partial charge on any atom is -0.378 e. The molecular weight excluding hydrogens is 496 g/mol. The number of carbonyl (C=O) groups excluding carboxylic acids is 2. The predicted molar refractivity (Wildman–Crippen MR) is 123 cm³/mol. The van der Waals surface area contributed by atoms with Gasteiger partial charge in [0.2, 0.25) is 0 Å². The molecule has 2 amide bonds. The van der Waals surface area contributed by atoms with E-state index in [9.17, 15) is 35.9 Å². The van der Waals surface area contributed by atoms with Crippen molar-refractivity contribution in [2.45, 2.75) is 12.4 Å². The molecule has 1 fully saturated rings. The molecule has 1 N–H and O–H groups in total. The lowest BCUT2D eigenvalue weighted by molar-refractivity contribution is -0.143. The third-order valence-corrected chi connectivity index (χ3v) is 5.18. The zero-order valence-corrected chi connectivity index (χ0v) is 19.0. The lowest BCUT2D eigenvalue weighted by Crippen LogP contribution is -2.54. The largest absolute Gasteiger partial charge is 0.416 e. The van der Waals surface area contributed by atoms with Crippen LogP contribution in [0.1, 0.15) is 16.7 Å². The number of nitrogens with one attached hydrogen (secondary N) is 1. The van der Waals surface area contributed by atoms with E-state index in [-0.39, 0.29) is 6.07 Å². The highest BCUT2D eigenvalue weighted by atomic mass is 32.1. The molecule has 0 saturated carbocycles. The zero-order valence-electron chi connectivity index (χ0n) is 18.2. The molecule has 0 unspecified atom stereocenters. The molecule has 1 heterocycles. The fraction of sp³-hybridized carbons (Fsp3) is 0.174. The van der Waals surface area contributed by atoms with Crippen molar-refractivity contribution in [2.75, 3.05) is 23.9 Å². The lowest BCUT2D eigenvalue weighted by atomic mass is 10.1. The van der Waals surface area contributed by atoms with E-state index in [0.717, 1.165) is 17.3 Å². The molecule has 0 aliphatic carbocycles. The number of carbonyl (C=O) groups is 2. The number of halogens is 6. The van der Waals surface area contributed by atoms with Crippen molar-refractivity contribution in [1.29, 1.82) is 0 Å². The second-order valence-corrected chi connectivity index (χ2v) is 7.98. The van der Waals surface area contributed by atoms with Gasteiger partial charge in [-0.2, -0.15) is 26.3 Å². The number of rotatable bonds is 4. The van der Waals surface area contributed by atoms with E-state index in [1.165, 1.54) is 6.08 Å². The van der Waals surface area contributed by atoms with Crippen molar-refractivity contribution < 1.29 is 35.9 Å². The molecule has 0 atom stereocenters. The van der Waals surface area contributed by atoms with Crippen LogP contribution in [0.4, 0.5) is 37.7 Å². The first kappa shape index (κ1) is 25.9. The van der Waals surface area contributed by atoms with Gasteiger partial charge in [0.15, 0.2) is 5.11 Å².